The molecule has 4 rings (SSSR count). The van der Waals surface area contributed by atoms with Crippen molar-refractivity contribution in [3.05, 3.63) is 75.8 Å². The van der Waals surface area contributed by atoms with Gasteiger partial charge in [0.1, 0.15) is 11.5 Å². The Morgan fingerprint density at radius 2 is 1.88 bits per heavy atom. The Morgan fingerprint density at radius 3 is 2.64 bits per heavy atom. The van der Waals surface area contributed by atoms with Crippen LogP contribution in [0.3, 0.4) is 0 Å². The Labute approximate surface area is 204 Å². The molecule has 0 saturated carbocycles. The van der Waals surface area contributed by atoms with Gasteiger partial charge >= 0.3 is 0 Å². The summed E-state index contributed by atoms with van der Waals surface area (Å²) in [7, 11) is 3.16. The van der Waals surface area contributed by atoms with E-state index >= 15 is 0 Å². The lowest BCUT2D eigenvalue weighted by Gasteiger charge is -2.08. The molecule has 0 atom stereocenters. The van der Waals surface area contributed by atoms with Crippen LogP contribution in [0.2, 0.25) is 10.0 Å². The van der Waals surface area contributed by atoms with Crippen LogP contribution in [0.15, 0.2) is 64.4 Å². The van der Waals surface area contributed by atoms with Crippen molar-refractivity contribution in [2.75, 3.05) is 19.5 Å². The Balaban J connectivity index is 1.42. The van der Waals surface area contributed by atoms with E-state index in [0.717, 1.165) is 16.8 Å². The van der Waals surface area contributed by atoms with Gasteiger partial charge in [-0.25, -0.2) is 4.98 Å². The van der Waals surface area contributed by atoms with Crippen molar-refractivity contribution in [3.8, 4) is 34.1 Å². The summed E-state index contributed by atoms with van der Waals surface area (Å²) in [4.78, 5) is 16.8. The van der Waals surface area contributed by atoms with Crippen LogP contribution >= 0.6 is 34.5 Å². The monoisotopic (exact) mass is 500 g/mol. The average Bonchev–Trinajstić information content (AvgIpc) is 3.47. The van der Waals surface area contributed by atoms with Crippen LogP contribution in [0.4, 0.5) is 5.13 Å². The summed E-state index contributed by atoms with van der Waals surface area (Å²) >= 11 is 13.5. The predicted molar refractivity (Wildman–Crippen MR) is 132 cm³/mol. The molecular weight excluding hydrogens is 483 g/mol. The number of halogens is 2. The Morgan fingerprint density at radius 1 is 1.06 bits per heavy atom. The van der Waals surface area contributed by atoms with Crippen LogP contribution < -0.4 is 14.8 Å². The molecule has 2 aromatic carbocycles. The Kier molecular flexibility index (Phi) is 7.03. The van der Waals surface area contributed by atoms with Crippen LogP contribution in [0.5, 0.6) is 11.5 Å². The highest BCUT2D eigenvalue weighted by Crippen LogP contribution is 2.34. The average molecular weight is 501 g/mol. The number of hydrogen-bond acceptors (Lipinski definition) is 6. The first-order chi connectivity index (χ1) is 16.0. The summed E-state index contributed by atoms with van der Waals surface area (Å²) in [5, 5.41) is 6.12. The molecule has 0 aliphatic heterocycles. The number of thiazole rings is 1. The van der Waals surface area contributed by atoms with Crippen molar-refractivity contribution in [2.24, 2.45) is 0 Å². The molecule has 9 heteroatoms. The van der Waals surface area contributed by atoms with Gasteiger partial charge in [0.15, 0.2) is 16.6 Å². The van der Waals surface area contributed by atoms with E-state index < -0.39 is 0 Å². The van der Waals surface area contributed by atoms with Gasteiger partial charge in [0, 0.05) is 27.6 Å². The van der Waals surface area contributed by atoms with E-state index in [9.17, 15) is 4.79 Å². The SMILES string of the molecule is COc1ccc(-c2csc(NC(=O)/C=C/c3ccc(-c4ccc(Cl)cc4Cl)o3)n2)cc1OC. The highest BCUT2D eigenvalue weighted by atomic mass is 35.5. The first-order valence-corrected chi connectivity index (χ1v) is 11.3. The molecule has 0 unspecified atom stereocenters. The summed E-state index contributed by atoms with van der Waals surface area (Å²) in [6.07, 6.45) is 2.95. The summed E-state index contributed by atoms with van der Waals surface area (Å²) in [5.41, 5.74) is 2.29. The smallest absolute Gasteiger partial charge is 0.250 e. The maximum Gasteiger partial charge on any atom is 0.250 e. The summed E-state index contributed by atoms with van der Waals surface area (Å²) in [6.45, 7) is 0. The second-order valence-corrected chi connectivity index (χ2v) is 8.46. The number of carbonyl (C=O) groups excluding carboxylic acids is 1. The zero-order chi connectivity index (χ0) is 23.4. The normalized spacial score (nSPS) is 11.0. The molecule has 2 aromatic heterocycles. The minimum Gasteiger partial charge on any atom is -0.493 e. The van der Waals surface area contributed by atoms with Gasteiger partial charge in [-0.05, 0) is 54.6 Å². The topological polar surface area (TPSA) is 73.6 Å². The maximum absolute atomic E-state index is 12.3. The molecule has 0 radical (unpaired) electrons. The number of amides is 1. The zero-order valence-corrected chi connectivity index (χ0v) is 19.9. The molecule has 0 aliphatic carbocycles. The first-order valence-electron chi connectivity index (χ1n) is 9.69. The maximum atomic E-state index is 12.3. The number of hydrogen-bond donors (Lipinski definition) is 1. The van der Waals surface area contributed by atoms with Crippen LogP contribution in [-0.2, 0) is 4.79 Å². The lowest BCUT2D eigenvalue weighted by atomic mass is 10.1. The van der Waals surface area contributed by atoms with E-state index in [1.807, 2.05) is 23.6 Å². The van der Waals surface area contributed by atoms with E-state index in [1.165, 1.54) is 17.4 Å². The number of nitrogens with zero attached hydrogens (tertiary/aromatic N) is 1. The molecule has 0 bridgehead atoms. The van der Waals surface area contributed by atoms with E-state index in [-0.39, 0.29) is 5.91 Å². The Hall–Kier alpha value is -3.26. The fraction of sp³-hybridized carbons (Fsp3) is 0.0833. The standard InChI is InChI=1S/C24H18Cl2N2O4S/c1-30-21-8-3-14(11-22(21)31-2)19-13-33-24(27-19)28-23(29)10-6-16-5-9-20(32-16)17-7-4-15(25)12-18(17)26/h3-13H,1-2H3,(H,27,28,29)/b10-6+. The third-order valence-electron chi connectivity index (χ3n) is 4.64. The van der Waals surface area contributed by atoms with Gasteiger partial charge in [0.05, 0.1) is 24.9 Å². The highest BCUT2D eigenvalue weighted by Gasteiger charge is 2.11. The molecule has 1 amide bonds. The van der Waals surface area contributed by atoms with Crippen LogP contribution in [0.1, 0.15) is 5.76 Å². The number of methoxy groups -OCH3 is 2. The van der Waals surface area contributed by atoms with Gasteiger partial charge in [-0.2, -0.15) is 0 Å². The molecule has 1 N–H and O–H groups in total. The van der Waals surface area contributed by atoms with Crippen molar-refractivity contribution in [1.82, 2.24) is 4.98 Å². The van der Waals surface area contributed by atoms with Crippen LogP contribution in [0, 0.1) is 0 Å². The molecule has 6 nitrogen and oxygen atoms in total. The molecule has 33 heavy (non-hydrogen) atoms. The molecule has 168 valence electrons. The van der Waals surface area contributed by atoms with Crippen molar-refractivity contribution >= 4 is 51.7 Å². The van der Waals surface area contributed by atoms with Crippen LogP contribution in [-0.4, -0.2) is 25.1 Å². The zero-order valence-electron chi connectivity index (χ0n) is 17.6. The minimum absolute atomic E-state index is 0.328. The van der Waals surface area contributed by atoms with Gasteiger partial charge in [-0.3, -0.25) is 10.1 Å². The molecule has 4 aromatic rings. The van der Waals surface area contributed by atoms with E-state index in [1.54, 1.807) is 50.6 Å². The molecule has 0 spiro atoms. The predicted octanol–water partition coefficient (Wildman–Crippen LogP) is 7.05. The van der Waals surface area contributed by atoms with Gasteiger partial charge in [0.2, 0.25) is 5.91 Å². The molecule has 0 fully saturated rings. The van der Waals surface area contributed by atoms with E-state index in [2.05, 4.69) is 10.3 Å². The fourth-order valence-electron chi connectivity index (χ4n) is 3.04. The van der Waals surface area contributed by atoms with E-state index in [4.69, 9.17) is 37.1 Å². The van der Waals surface area contributed by atoms with Gasteiger partial charge < -0.3 is 13.9 Å². The third-order valence-corrected chi connectivity index (χ3v) is 5.94. The third kappa shape index (κ3) is 5.39. The number of anilines is 1. The Bertz CT molecular complexity index is 1330. The number of rotatable bonds is 7. The second kappa shape index (κ2) is 10.1. The van der Waals surface area contributed by atoms with Crippen LogP contribution in [0.25, 0.3) is 28.7 Å². The quantitative estimate of drug-likeness (QED) is 0.275. The molecular formula is C24H18Cl2N2O4S. The minimum atomic E-state index is -0.328. The first kappa shape index (κ1) is 22.9. The van der Waals surface area contributed by atoms with Gasteiger partial charge in [-0.15, -0.1) is 11.3 Å². The number of ether oxygens (including phenoxy) is 2. The lowest BCUT2D eigenvalue weighted by molar-refractivity contribution is -0.111. The molecule has 0 aliphatic rings. The van der Waals surface area contributed by atoms with Crippen molar-refractivity contribution < 1.29 is 18.7 Å². The molecule has 0 saturated heterocycles. The highest BCUT2D eigenvalue weighted by molar-refractivity contribution is 7.14. The summed E-state index contributed by atoms with van der Waals surface area (Å²) < 4.78 is 16.4. The summed E-state index contributed by atoms with van der Waals surface area (Å²) in [5.74, 6) is 2.00. The number of benzene rings is 2. The number of carbonyl (C=O) groups is 1. The van der Waals surface area contributed by atoms with Crippen molar-refractivity contribution in [2.45, 2.75) is 0 Å². The molecule has 2 heterocycles. The van der Waals surface area contributed by atoms with E-state index in [0.29, 0.717) is 38.2 Å². The van der Waals surface area contributed by atoms with Gasteiger partial charge in [0.25, 0.3) is 0 Å². The van der Waals surface area contributed by atoms with Gasteiger partial charge in [-0.1, -0.05) is 23.2 Å². The fourth-order valence-corrected chi connectivity index (χ4v) is 4.26. The summed E-state index contributed by atoms with van der Waals surface area (Å²) in [6, 6.07) is 14.2. The largest absolute Gasteiger partial charge is 0.493 e. The lowest BCUT2D eigenvalue weighted by Crippen LogP contribution is -2.07. The van der Waals surface area contributed by atoms with Crippen molar-refractivity contribution in [3.63, 3.8) is 0 Å². The number of aromatic nitrogens is 1. The second-order valence-electron chi connectivity index (χ2n) is 6.76. The van der Waals surface area contributed by atoms with Crippen molar-refractivity contribution in [1.29, 1.82) is 0 Å². The number of furan rings is 1. The number of nitrogens with one attached hydrogen (secondary N) is 1.